The maximum absolute atomic E-state index is 12.5. The molecule has 0 fully saturated rings. The number of thioether (sulfide) groups is 1. The number of hydrogen-bond acceptors (Lipinski definition) is 6. The van der Waals surface area contributed by atoms with Crippen molar-refractivity contribution in [2.75, 3.05) is 5.32 Å². The van der Waals surface area contributed by atoms with Crippen LogP contribution in [0.4, 0.5) is 5.69 Å². The van der Waals surface area contributed by atoms with E-state index in [4.69, 9.17) is 21.6 Å². The quantitative estimate of drug-likeness (QED) is 0.572. The fourth-order valence-corrected chi connectivity index (χ4v) is 3.33. The van der Waals surface area contributed by atoms with Gasteiger partial charge >= 0.3 is 0 Å². The topological polar surface area (TPSA) is 92.8 Å². The first kappa shape index (κ1) is 20.7. The molecule has 1 N–H and O–H groups in total. The third-order valence-electron chi connectivity index (χ3n) is 4.02. The van der Waals surface area contributed by atoms with Crippen molar-refractivity contribution in [1.29, 1.82) is 5.26 Å². The summed E-state index contributed by atoms with van der Waals surface area (Å²) in [7, 11) is 1.82. The summed E-state index contributed by atoms with van der Waals surface area (Å²) in [5, 5.41) is 20.9. The second-order valence-corrected chi connectivity index (χ2v) is 7.89. The van der Waals surface area contributed by atoms with Crippen molar-refractivity contribution in [2.45, 2.75) is 23.9 Å². The summed E-state index contributed by atoms with van der Waals surface area (Å²) in [5.74, 6) is 1.13. The normalized spacial score (nSPS) is 11.5. The lowest BCUT2D eigenvalue weighted by Crippen LogP contribution is -2.22. The molecule has 148 valence electrons. The van der Waals surface area contributed by atoms with Crippen LogP contribution in [0.1, 0.15) is 18.3 Å². The molecule has 1 atom stereocenters. The molecule has 3 aromatic rings. The van der Waals surface area contributed by atoms with E-state index in [9.17, 15) is 4.79 Å². The second kappa shape index (κ2) is 9.45. The van der Waals surface area contributed by atoms with Crippen LogP contribution >= 0.6 is 23.4 Å². The van der Waals surface area contributed by atoms with E-state index in [1.54, 1.807) is 60.0 Å². The Morgan fingerprint density at radius 3 is 2.79 bits per heavy atom. The second-order valence-electron chi connectivity index (χ2n) is 6.14. The molecule has 0 spiro atoms. The molecule has 0 radical (unpaired) electrons. The minimum Gasteiger partial charge on any atom is -0.486 e. The first-order valence-electron chi connectivity index (χ1n) is 8.70. The summed E-state index contributed by atoms with van der Waals surface area (Å²) in [6.45, 7) is 2.03. The van der Waals surface area contributed by atoms with E-state index in [0.29, 0.717) is 33.0 Å². The summed E-state index contributed by atoms with van der Waals surface area (Å²) in [6.07, 6.45) is 0. The minimum absolute atomic E-state index is 0.188. The molecule has 1 aromatic heterocycles. The van der Waals surface area contributed by atoms with Crippen LogP contribution in [0, 0.1) is 11.3 Å². The number of carbonyl (C=O) groups excluding carboxylic acids is 1. The van der Waals surface area contributed by atoms with Gasteiger partial charge in [0.05, 0.1) is 16.9 Å². The van der Waals surface area contributed by atoms with Crippen LogP contribution in [0.3, 0.4) is 0 Å². The number of hydrogen-bond donors (Lipinski definition) is 1. The summed E-state index contributed by atoms with van der Waals surface area (Å²) < 4.78 is 7.49. The maximum Gasteiger partial charge on any atom is 0.237 e. The first-order chi connectivity index (χ1) is 14.0. The van der Waals surface area contributed by atoms with Gasteiger partial charge in [0.2, 0.25) is 5.91 Å². The fourth-order valence-electron chi connectivity index (χ4n) is 2.37. The highest BCUT2D eigenvalue weighted by Gasteiger charge is 2.19. The van der Waals surface area contributed by atoms with Crippen molar-refractivity contribution in [3.8, 4) is 11.8 Å². The van der Waals surface area contributed by atoms with E-state index in [1.165, 1.54) is 11.8 Å². The van der Waals surface area contributed by atoms with Gasteiger partial charge < -0.3 is 14.6 Å². The molecule has 0 saturated carbocycles. The maximum atomic E-state index is 12.5. The molecule has 7 nitrogen and oxygen atoms in total. The van der Waals surface area contributed by atoms with E-state index in [0.717, 1.165) is 0 Å². The molecule has 0 bridgehead atoms. The predicted octanol–water partition coefficient (Wildman–Crippen LogP) is 4.04. The molecule has 29 heavy (non-hydrogen) atoms. The SMILES string of the molecule is CC(Sc1nnc(COc2ccc(Cl)cc2)n1C)C(=O)Nc1cccc(C#N)c1. The Morgan fingerprint density at radius 2 is 2.07 bits per heavy atom. The third-order valence-corrected chi connectivity index (χ3v) is 5.40. The van der Waals surface area contributed by atoms with Crippen LogP contribution in [0.25, 0.3) is 0 Å². The van der Waals surface area contributed by atoms with Crippen LogP contribution in [-0.2, 0) is 18.4 Å². The van der Waals surface area contributed by atoms with E-state index < -0.39 is 5.25 Å². The number of nitriles is 1. The number of aromatic nitrogens is 3. The number of ether oxygens (including phenoxy) is 1. The highest BCUT2D eigenvalue weighted by Crippen LogP contribution is 2.23. The van der Waals surface area contributed by atoms with E-state index in [1.807, 2.05) is 13.1 Å². The van der Waals surface area contributed by atoms with Gasteiger partial charge in [-0.25, -0.2) is 0 Å². The van der Waals surface area contributed by atoms with Gasteiger partial charge in [0, 0.05) is 17.8 Å². The Labute approximate surface area is 177 Å². The van der Waals surface area contributed by atoms with Crippen LogP contribution < -0.4 is 10.1 Å². The van der Waals surface area contributed by atoms with Crippen molar-refractivity contribution < 1.29 is 9.53 Å². The van der Waals surface area contributed by atoms with Crippen molar-refractivity contribution >= 4 is 35.0 Å². The molecule has 0 aliphatic rings. The Bertz CT molecular complexity index is 1050. The molecule has 1 heterocycles. The number of nitrogens with one attached hydrogen (secondary N) is 1. The number of anilines is 1. The van der Waals surface area contributed by atoms with E-state index in [-0.39, 0.29) is 12.5 Å². The predicted molar refractivity (Wildman–Crippen MR) is 112 cm³/mol. The Balaban J connectivity index is 1.58. The summed E-state index contributed by atoms with van der Waals surface area (Å²) in [6, 6.07) is 15.9. The summed E-state index contributed by atoms with van der Waals surface area (Å²) in [5.41, 5.74) is 1.07. The van der Waals surface area contributed by atoms with Crippen molar-refractivity contribution in [2.24, 2.45) is 7.05 Å². The Kier molecular flexibility index (Phi) is 6.75. The van der Waals surface area contributed by atoms with Crippen LogP contribution in [-0.4, -0.2) is 25.9 Å². The summed E-state index contributed by atoms with van der Waals surface area (Å²) >= 11 is 7.16. The number of carbonyl (C=O) groups is 1. The zero-order chi connectivity index (χ0) is 20.8. The molecule has 0 saturated heterocycles. The molecule has 0 aliphatic carbocycles. The van der Waals surface area contributed by atoms with Gasteiger partial charge in [-0.3, -0.25) is 4.79 Å². The molecule has 1 unspecified atom stereocenters. The van der Waals surface area contributed by atoms with E-state index in [2.05, 4.69) is 15.5 Å². The van der Waals surface area contributed by atoms with Crippen molar-refractivity contribution in [3.05, 3.63) is 64.9 Å². The Hall–Kier alpha value is -3.02. The number of halogens is 1. The molecular formula is C20H18ClN5O2S. The van der Waals surface area contributed by atoms with Gasteiger partial charge in [0.15, 0.2) is 11.0 Å². The van der Waals surface area contributed by atoms with Gasteiger partial charge in [-0.1, -0.05) is 29.4 Å². The average molecular weight is 428 g/mol. The third kappa shape index (κ3) is 5.50. The van der Waals surface area contributed by atoms with Gasteiger partial charge in [-0.15, -0.1) is 10.2 Å². The minimum atomic E-state index is -0.409. The standard InChI is InChI=1S/C20H18ClN5O2S/c1-13(19(27)23-16-5-3-4-14(10-16)11-22)29-20-25-24-18(26(20)2)12-28-17-8-6-15(21)7-9-17/h3-10,13H,12H2,1-2H3,(H,23,27). The van der Waals surface area contributed by atoms with Gasteiger partial charge in [-0.05, 0) is 49.4 Å². The Morgan fingerprint density at radius 1 is 1.31 bits per heavy atom. The molecular weight excluding hydrogens is 410 g/mol. The monoisotopic (exact) mass is 427 g/mol. The van der Waals surface area contributed by atoms with Crippen LogP contribution in [0.15, 0.2) is 53.7 Å². The first-order valence-corrected chi connectivity index (χ1v) is 9.96. The van der Waals surface area contributed by atoms with Crippen LogP contribution in [0.5, 0.6) is 5.75 Å². The highest BCUT2D eigenvalue weighted by atomic mass is 35.5. The highest BCUT2D eigenvalue weighted by molar-refractivity contribution is 8.00. The lowest BCUT2D eigenvalue weighted by molar-refractivity contribution is -0.115. The molecule has 1 amide bonds. The smallest absolute Gasteiger partial charge is 0.237 e. The molecule has 2 aromatic carbocycles. The zero-order valence-electron chi connectivity index (χ0n) is 15.8. The fraction of sp³-hybridized carbons (Fsp3) is 0.200. The molecule has 9 heteroatoms. The lowest BCUT2D eigenvalue weighted by atomic mass is 10.2. The summed E-state index contributed by atoms with van der Waals surface area (Å²) in [4.78, 5) is 12.5. The van der Waals surface area contributed by atoms with Gasteiger partial charge in [0.1, 0.15) is 12.4 Å². The largest absolute Gasteiger partial charge is 0.486 e. The molecule has 3 rings (SSSR count). The lowest BCUT2D eigenvalue weighted by Gasteiger charge is -2.12. The van der Waals surface area contributed by atoms with E-state index >= 15 is 0 Å². The zero-order valence-corrected chi connectivity index (χ0v) is 17.4. The number of amides is 1. The number of nitrogens with zero attached hydrogens (tertiary/aromatic N) is 4. The number of rotatable bonds is 7. The van der Waals surface area contributed by atoms with Gasteiger partial charge in [0.25, 0.3) is 0 Å². The van der Waals surface area contributed by atoms with Crippen molar-refractivity contribution in [1.82, 2.24) is 14.8 Å². The van der Waals surface area contributed by atoms with Crippen molar-refractivity contribution in [3.63, 3.8) is 0 Å². The van der Waals surface area contributed by atoms with Gasteiger partial charge in [-0.2, -0.15) is 5.26 Å². The molecule has 0 aliphatic heterocycles. The van der Waals surface area contributed by atoms with Crippen LogP contribution in [0.2, 0.25) is 5.02 Å². The average Bonchev–Trinajstić information content (AvgIpc) is 3.07. The number of benzene rings is 2.